The number of hydrogen-bond acceptors (Lipinski definition) is 2. The van der Waals surface area contributed by atoms with E-state index < -0.39 is 0 Å². The normalized spacial score (nSPS) is 23.2. The first kappa shape index (κ1) is 18.0. The molecule has 0 bridgehead atoms. The minimum Gasteiger partial charge on any atom is -0.393 e. The highest BCUT2D eigenvalue weighted by molar-refractivity contribution is 4.85. The summed E-state index contributed by atoms with van der Waals surface area (Å²) in [6.45, 7) is 6.74. The van der Waals surface area contributed by atoms with Crippen LogP contribution in [0.25, 0.3) is 0 Å². The van der Waals surface area contributed by atoms with Crippen LogP contribution in [0.5, 0.6) is 0 Å². The smallest absolute Gasteiger partial charge is 0.0842 e. The standard InChI is InChI=1S/C18H36O2/c1-4-10-16(19)13-14-18-17(20-18)12-9-7-5-6-8-11-15(2)3/h15-19H,4-14H2,1-3H3. The lowest BCUT2D eigenvalue weighted by Crippen LogP contribution is -2.07. The predicted molar refractivity (Wildman–Crippen MR) is 86.0 cm³/mol. The van der Waals surface area contributed by atoms with Crippen molar-refractivity contribution in [3.63, 3.8) is 0 Å². The van der Waals surface area contributed by atoms with Crippen molar-refractivity contribution in [1.82, 2.24) is 0 Å². The van der Waals surface area contributed by atoms with Gasteiger partial charge >= 0.3 is 0 Å². The third-order valence-corrected chi connectivity index (χ3v) is 4.36. The van der Waals surface area contributed by atoms with Gasteiger partial charge in [0.1, 0.15) is 0 Å². The van der Waals surface area contributed by atoms with E-state index in [-0.39, 0.29) is 6.10 Å². The van der Waals surface area contributed by atoms with E-state index in [1.165, 1.54) is 44.9 Å². The Morgan fingerprint density at radius 3 is 2.20 bits per heavy atom. The van der Waals surface area contributed by atoms with Crippen LogP contribution >= 0.6 is 0 Å². The largest absolute Gasteiger partial charge is 0.393 e. The molecule has 2 nitrogen and oxygen atoms in total. The SMILES string of the molecule is CCCC(O)CCC1OC1CCCCCCCC(C)C. The fraction of sp³-hybridized carbons (Fsp3) is 1.00. The Labute approximate surface area is 126 Å². The molecule has 3 unspecified atom stereocenters. The van der Waals surface area contributed by atoms with Crippen molar-refractivity contribution in [3.8, 4) is 0 Å². The van der Waals surface area contributed by atoms with Gasteiger partial charge in [-0.3, -0.25) is 0 Å². The molecule has 1 heterocycles. The molecule has 20 heavy (non-hydrogen) atoms. The number of unbranched alkanes of at least 4 members (excludes halogenated alkanes) is 4. The van der Waals surface area contributed by atoms with Crippen LogP contribution in [-0.4, -0.2) is 23.4 Å². The molecule has 1 fully saturated rings. The first-order valence-electron chi connectivity index (χ1n) is 8.97. The quantitative estimate of drug-likeness (QED) is 0.378. The zero-order chi connectivity index (χ0) is 14.8. The lowest BCUT2D eigenvalue weighted by atomic mass is 10.0. The lowest BCUT2D eigenvalue weighted by Gasteiger charge is -2.06. The number of aliphatic hydroxyl groups is 1. The molecule has 0 aromatic carbocycles. The van der Waals surface area contributed by atoms with E-state index in [4.69, 9.17) is 4.74 Å². The van der Waals surface area contributed by atoms with Crippen molar-refractivity contribution < 1.29 is 9.84 Å². The molecule has 0 saturated carbocycles. The molecule has 0 radical (unpaired) electrons. The molecule has 120 valence electrons. The Morgan fingerprint density at radius 1 is 0.850 bits per heavy atom. The molecule has 1 rings (SSSR count). The maximum atomic E-state index is 9.69. The third kappa shape index (κ3) is 8.97. The summed E-state index contributed by atoms with van der Waals surface area (Å²) in [5.74, 6) is 0.860. The van der Waals surface area contributed by atoms with E-state index in [0.29, 0.717) is 12.2 Å². The van der Waals surface area contributed by atoms with Crippen LogP contribution in [0.3, 0.4) is 0 Å². The van der Waals surface area contributed by atoms with Crippen molar-refractivity contribution in [2.75, 3.05) is 0 Å². The van der Waals surface area contributed by atoms with Crippen molar-refractivity contribution in [3.05, 3.63) is 0 Å². The minimum atomic E-state index is -0.106. The lowest BCUT2D eigenvalue weighted by molar-refractivity contribution is 0.147. The summed E-state index contributed by atoms with van der Waals surface area (Å²) in [6, 6.07) is 0. The van der Waals surface area contributed by atoms with Crippen LogP contribution in [0, 0.1) is 5.92 Å². The van der Waals surface area contributed by atoms with Crippen molar-refractivity contribution in [1.29, 1.82) is 0 Å². The molecular formula is C18H36O2. The number of aliphatic hydroxyl groups excluding tert-OH is 1. The topological polar surface area (TPSA) is 32.8 Å². The van der Waals surface area contributed by atoms with Gasteiger partial charge in [0.25, 0.3) is 0 Å². The predicted octanol–water partition coefficient (Wildman–Crippen LogP) is 5.08. The molecule has 1 saturated heterocycles. The summed E-state index contributed by atoms with van der Waals surface area (Å²) in [5.41, 5.74) is 0. The van der Waals surface area contributed by atoms with E-state index in [1.807, 2.05) is 0 Å². The Hall–Kier alpha value is -0.0800. The number of epoxide rings is 1. The fourth-order valence-corrected chi connectivity index (χ4v) is 2.95. The monoisotopic (exact) mass is 284 g/mol. The minimum absolute atomic E-state index is 0.106. The third-order valence-electron chi connectivity index (χ3n) is 4.36. The van der Waals surface area contributed by atoms with Crippen LogP contribution in [-0.2, 0) is 4.74 Å². The Bertz CT molecular complexity index is 227. The summed E-state index contributed by atoms with van der Waals surface area (Å²) in [7, 11) is 0. The van der Waals surface area contributed by atoms with Gasteiger partial charge in [0.2, 0.25) is 0 Å². The summed E-state index contributed by atoms with van der Waals surface area (Å²) in [4.78, 5) is 0. The van der Waals surface area contributed by atoms with Gasteiger partial charge < -0.3 is 9.84 Å². The maximum absolute atomic E-state index is 9.69. The molecule has 0 aromatic rings. The van der Waals surface area contributed by atoms with Crippen LogP contribution in [0.4, 0.5) is 0 Å². The first-order valence-corrected chi connectivity index (χ1v) is 8.97. The second kappa shape index (κ2) is 10.6. The first-order chi connectivity index (χ1) is 9.63. The molecule has 1 aliphatic heterocycles. The van der Waals surface area contributed by atoms with Crippen molar-refractivity contribution >= 4 is 0 Å². The number of rotatable bonds is 13. The van der Waals surface area contributed by atoms with Crippen molar-refractivity contribution in [2.24, 2.45) is 5.92 Å². The zero-order valence-corrected chi connectivity index (χ0v) is 13.9. The molecule has 0 aromatic heterocycles. The van der Waals surface area contributed by atoms with E-state index >= 15 is 0 Å². The molecule has 2 heteroatoms. The summed E-state index contributed by atoms with van der Waals surface area (Å²) < 4.78 is 5.69. The van der Waals surface area contributed by atoms with Crippen LogP contribution in [0.2, 0.25) is 0 Å². The summed E-state index contributed by atoms with van der Waals surface area (Å²) >= 11 is 0. The average Bonchev–Trinajstić information content (AvgIpc) is 3.14. The van der Waals surface area contributed by atoms with E-state index in [9.17, 15) is 5.11 Å². The zero-order valence-electron chi connectivity index (χ0n) is 13.9. The molecule has 1 aliphatic rings. The van der Waals surface area contributed by atoms with Gasteiger partial charge in [-0.25, -0.2) is 0 Å². The maximum Gasteiger partial charge on any atom is 0.0842 e. The van der Waals surface area contributed by atoms with E-state index in [1.54, 1.807) is 0 Å². The fourth-order valence-electron chi connectivity index (χ4n) is 2.95. The Kier molecular flexibility index (Phi) is 9.54. The van der Waals surface area contributed by atoms with E-state index in [0.717, 1.165) is 31.6 Å². The van der Waals surface area contributed by atoms with Gasteiger partial charge in [-0.15, -0.1) is 0 Å². The van der Waals surface area contributed by atoms with Crippen molar-refractivity contribution in [2.45, 2.75) is 110 Å². The molecular weight excluding hydrogens is 248 g/mol. The Balaban J connectivity index is 1.83. The number of ether oxygens (including phenoxy) is 1. The number of hydrogen-bond donors (Lipinski definition) is 1. The van der Waals surface area contributed by atoms with Crippen LogP contribution in [0.15, 0.2) is 0 Å². The molecule has 0 amide bonds. The molecule has 3 atom stereocenters. The van der Waals surface area contributed by atoms with E-state index in [2.05, 4.69) is 20.8 Å². The Morgan fingerprint density at radius 2 is 1.50 bits per heavy atom. The highest BCUT2D eigenvalue weighted by Gasteiger charge is 2.37. The second-order valence-electron chi connectivity index (χ2n) is 6.97. The molecule has 1 N–H and O–H groups in total. The summed E-state index contributed by atoms with van der Waals surface area (Å²) in [5, 5.41) is 9.69. The highest BCUT2D eigenvalue weighted by Crippen LogP contribution is 2.31. The van der Waals surface area contributed by atoms with Crippen LogP contribution in [0.1, 0.15) is 91.4 Å². The van der Waals surface area contributed by atoms with Gasteiger partial charge in [0, 0.05) is 0 Å². The highest BCUT2D eigenvalue weighted by atomic mass is 16.6. The van der Waals surface area contributed by atoms with Gasteiger partial charge in [0.15, 0.2) is 0 Å². The average molecular weight is 284 g/mol. The summed E-state index contributed by atoms with van der Waals surface area (Å²) in [6.07, 6.45) is 14.3. The second-order valence-corrected chi connectivity index (χ2v) is 6.97. The van der Waals surface area contributed by atoms with Crippen LogP contribution < -0.4 is 0 Å². The van der Waals surface area contributed by atoms with Gasteiger partial charge in [-0.1, -0.05) is 65.7 Å². The molecule has 0 spiro atoms. The van der Waals surface area contributed by atoms with Gasteiger partial charge in [0.05, 0.1) is 18.3 Å². The van der Waals surface area contributed by atoms with Gasteiger partial charge in [-0.05, 0) is 31.6 Å². The molecule has 0 aliphatic carbocycles. The van der Waals surface area contributed by atoms with Gasteiger partial charge in [-0.2, -0.15) is 0 Å².